The smallest absolute Gasteiger partial charge is 0.230 e. The number of nitrogens with zero attached hydrogens (tertiary/aromatic N) is 4. The number of rotatable bonds is 10. The number of pyridine rings is 1. The number of para-hydroxylation sites is 1. The van der Waals surface area contributed by atoms with Crippen molar-refractivity contribution in [1.29, 1.82) is 0 Å². The van der Waals surface area contributed by atoms with Crippen LogP contribution >= 0.6 is 11.8 Å². The molecule has 0 spiro atoms. The van der Waals surface area contributed by atoms with E-state index in [0.717, 1.165) is 28.3 Å². The minimum atomic E-state index is -0.199. The molecule has 0 fully saturated rings. The van der Waals surface area contributed by atoms with Crippen molar-refractivity contribution in [2.24, 2.45) is 0 Å². The van der Waals surface area contributed by atoms with E-state index in [2.05, 4.69) is 20.5 Å². The number of carbonyl (C=O) groups excluding carboxylic acids is 1. The van der Waals surface area contributed by atoms with Gasteiger partial charge in [-0.25, -0.2) is 0 Å². The molecule has 4 aromatic rings. The molecular weight excluding hydrogens is 462 g/mol. The van der Waals surface area contributed by atoms with E-state index in [1.165, 1.54) is 11.8 Å². The number of thioether (sulfide) groups is 1. The summed E-state index contributed by atoms with van der Waals surface area (Å²) in [6.45, 7) is 4.48. The van der Waals surface area contributed by atoms with Crippen LogP contribution in [0.5, 0.6) is 11.5 Å². The molecule has 0 aliphatic heterocycles. The maximum atomic E-state index is 12.8. The summed E-state index contributed by atoms with van der Waals surface area (Å²) in [6.07, 6.45) is 3.43. The average molecular weight is 490 g/mol. The average Bonchev–Trinajstić information content (AvgIpc) is 3.32. The molecule has 0 aliphatic rings. The number of ether oxygens (including phenoxy) is 2. The first-order valence-corrected chi connectivity index (χ1v) is 12.2. The Labute approximate surface area is 208 Å². The monoisotopic (exact) mass is 489 g/mol. The lowest BCUT2D eigenvalue weighted by molar-refractivity contribution is -0.119. The molecule has 0 saturated carbocycles. The highest BCUT2D eigenvalue weighted by Gasteiger charge is 2.19. The first-order valence-electron chi connectivity index (χ1n) is 11.2. The second-order valence-corrected chi connectivity index (χ2v) is 8.57. The topological polar surface area (TPSA) is 91.2 Å². The molecule has 0 bridgehead atoms. The van der Waals surface area contributed by atoms with Crippen LogP contribution in [0.3, 0.4) is 0 Å². The van der Waals surface area contributed by atoms with E-state index >= 15 is 0 Å². The van der Waals surface area contributed by atoms with Gasteiger partial charge in [-0.15, -0.1) is 10.2 Å². The van der Waals surface area contributed by atoms with E-state index in [0.29, 0.717) is 17.6 Å². The molecule has 0 saturated heterocycles. The normalized spacial score (nSPS) is 11.6. The van der Waals surface area contributed by atoms with E-state index in [1.807, 2.05) is 79.1 Å². The van der Waals surface area contributed by atoms with Gasteiger partial charge in [-0.3, -0.25) is 14.3 Å². The lowest BCUT2D eigenvalue weighted by Gasteiger charge is -2.17. The van der Waals surface area contributed by atoms with Gasteiger partial charge in [-0.2, -0.15) is 0 Å². The standard InChI is InChI=1S/C26H27N5O3S/c1-4-34-21-11-9-20(10-12-21)31-25(19-13-15-27-16-14-19)29-30-26(31)35-17-24(32)28-18(2)22-7-5-6-8-23(22)33-3/h5-16,18H,4,17H2,1-3H3,(H,28,32)/t18-/m1/s1. The first kappa shape index (κ1) is 24.3. The predicted molar refractivity (Wildman–Crippen MR) is 136 cm³/mol. The van der Waals surface area contributed by atoms with Crippen LogP contribution < -0.4 is 14.8 Å². The molecule has 1 amide bonds. The zero-order valence-corrected chi connectivity index (χ0v) is 20.7. The van der Waals surface area contributed by atoms with Crippen LogP contribution in [0.15, 0.2) is 78.2 Å². The fraction of sp³-hybridized carbons (Fsp3) is 0.231. The van der Waals surface area contributed by atoms with Crippen LogP contribution in [0.1, 0.15) is 25.5 Å². The molecule has 2 aromatic heterocycles. The molecule has 1 atom stereocenters. The summed E-state index contributed by atoms with van der Waals surface area (Å²) in [5, 5.41) is 12.5. The molecule has 9 heteroatoms. The molecule has 0 unspecified atom stereocenters. The van der Waals surface area contributed by atoms with Gasteiger partial charge in [-0.1, -0.05) is 30.0 Å². The number of methoxy groups -OCH3 is 1. The number of benzene rings is 2. The Balaban J connectivity index is 1.54. The molecule has 0 radical (unpaired) electrons. The quantitative estimate of drug-likeness (QED) is 0.323. The van der Waals surface area contributed by atoms with Crippen LogP contribution in [-0.4, -0.2) is 45.1 Å². The Morgan fingerprint density at radius 2 is 1.80 bits per heavy atom. The summed E-state index contributed by atoms with van der Waals surface area (Å²) in [4.78, 5) is 16.9. The SMILES string of the molecule is CCOc1ccc(-n2c(SCC(=O)N[C@H](C)c3ccccc3OC)nnc2-c2ccncc2)cc1. The summed E-state index contributed by atoms with van der Waals surface area (Å²) in [7, 11) is 1.62. The van der Waals surface area contributed by atoms with Crippen molar-refractivity contribution < 1.29 is 14.3 Å². The van der Waals surface area contributed by atoms with Crippen molar-refractivity contribution in [3.05, 3.63) is 78.6 Å². The van der Waals surface area contributed by atoms with Gasteiger partial charge in [0, 0.05) is 29.2 Å². The minimum absolute atomic E-state index is 0.111. The zero-order chi connectivity index (χ0) is 24.6. The largest absolute Gasteiger partial charge is 0.496 e. The lowest BCUT2D eigenvalue weighted by atomic mass is 10.1. The number of hydrogen-bond acceptors (Lipinski definition) is 7. The molecule has 1 N–H and O–H groups in total. The van der Waals surface area contributed by atoms with Crippen LogP contribution in [0.4, 0.5) is 0 Å². The van der Waals surface area contributed by atoms with Crippen molar-refractivity contribution in [1.82, 2.24) is 25.1 Å². The van der Waals surface area contributed by atoms with E-state index in [-0.39, 0.29) is 17.7 Å². The Morgan fingerprint density at radius 1 is 1.06 bits per heavy atom. The predicted octanol–water partition coefficient (Wildman–Crippen LogP) is 4.71. The zero-order valence-electron chi connectivity index (χ0n) is 19.8. The lowest BCUT2D eigenvalue weighted by Crippen LogP contribution is -2.28. The van der Waals surface area contributed by atoms with Gasteiger partial charge in [0.15, 0.2) is 11.0 Å². The van der Waals surface area contributed by atoms with Gasteiger partial charge in [0.1, 0.15) is 11.5 Å². The molecule has 8 nitrogen and oxygen atoms in total. The summed E-state index contributed by atoms with van der Waals surface area (Å²) in [5.74, 6) is 2.27. The van der Waals surface area contributed by atoms with Crippen molar-refractivity contribution in [3.63, 3.8) is 0 Å². The number of nitrogens with one attached hydrogen (secondary N) is 1. The molecule has 0 aliphatic carbocycles. The maximum Gasteiger partial charge on any atom is 0.230 e. The summed E-state index contributed by atoms with van der Waals surface area (Å²) >= 11 is 1.33. The van der Waals surface area contributed by atoms with E-state index in [1.54, 1.807) is 19.5 Å². The highest BCUT2D eigenvalue weighted by atomic mass is 32.2. The Hall–Kier alpha value is -3.85. The van der Waals surface area contributed by atoms with Crippen LogP contribution in [-0.2, 0) is 4.79 Å². The highest BCUT2D eigenvalue weighted by Crippen LogP contribution is 2.29. The van der Waals surface area contributed by atoms with Gasteiger partial charge < -0.3 is 14.8 Å². The maximum absolute atomic E-state index is 12.8. The van der Waals surface area contributed by atoms with Gasteiger partial charge in [0.25, 0.3) is 0 Å². The van der Waals surface area contributed by atoms with Crippen molar-refractivity contribution in [2.45, 2.75) is 25.0 Å². The summed E-state index contributed by atoms with van der Waals surface area (Å²) in [5.41, 5.74) is 2.67. The van der Waals surface area contributed by atoms with Crippen LogP contribution in [0.25, 0.3) is 17.1 Å². The van der Waals surface area contributed by atoms with Crippen LogP contribution in [0, 0.1) is 0 Å². The van der Waals surface area contributed by atoms with Gasteiger partial charge in [0.2, 0.25) is 5.91 Å². The summed E-state index contributed by atoms with van der Waals surface area (Å²) < 4.78 is 12.9. The van der Waals surface area contributed by atoms with Gasteiger partial charge >= 0.3 is 0 Å². The third-order valence-corrected chi connectivity index (χ3v) is 6.22. The van der Waals surface area contributed by atoms with E-state index in [4.69, 9.17) is 9.47 Å². The van der Waals surface area contributed by atoms with Crippen molar-refractivity contribution in [3.8, 4) is 28.6 Å². The Morgan fingerprint density at radius 3 is 2.51 bits per heavy atom. The first-order chi connectivity index (χ1) is 17.1. The Kier molecular flexibility index (Phi) is 7.99. The number of amides is 1. The molecule has 4 rings (SSSR count). The fourth-order valence-corrected chi connectivity index (χ4v) is 4.42. The Bertz CT molecular complexity index is 1260. The molecule has 180 valence electrons. The van der Waals surface area contributed by atoms with Crippen LogP contribution in [0.2, 0.25) is 0 Å². The van der Waals surface area contributed by atoms with E-state index < -0.39 is 0 Å². The third kappa shape index (κ3) is 5.81. The third-order valence-electron chi connectivity index (χ3n) is 5.29. The fourth-order valence-electron chi connectivity index (χ4n) is 3.66. The second-order valence-electron chi connectivity index (χ2n) is 7.62. The van der Waals surface area contributed by atoms with Gasteiger partial charge in [0.05, 0.1) is 25.5 Å². The second kappa shape index (κ2) is 11.5. The number of hydrogen-bond donors (Lipinski definition) is 1. The highest BCUT2D eigenvalue weighted by molar-refractivity contribution is 7.99. The van der Waals surface area contributed by atoms with Gasteiger partial charge in [-0.05, 0) is 56.3 Å². The number of carbonyl (C=O) groups is 1. The molecule has 2 aromatic carbocycles. The number of aromatic nitrogens is 4. The molecule has 35 heavy (non-hydrogen) atoms. The van der Waals surface area contributed by atoms with Crippen molar-refractivity contribution in [2.75, 3.05) is 19.5 Å². The molecular formula is C26H27N5O3S. The summed E-state index contributed by atoms with van der Waals surface area (Å²) in [6, 6.07) is 18.9. The minimum Gasteiger partial charge on any atom is -0.496 e. The van der Waals surface area contributed by atoms with Crippen molar-refractivity contribution >= 4 is 17.7 Å². The molecule has 2 heterocycles. The van der Waals surface area contributed by atoms with E-state index in [9.17, 15) is 4.79 Å².